The van der Waals surface area contributed by atoms with E-state index in [2.05, 4.69) is 15.9 Å². The second-order valence-electron chi connectivity index (χ2n) is 4.13. The third kappa shape index (κ3) is 3.46. The lowest BCUT2D eigenvalue weighted by atomic mass is 10.2. The van der Waals surface area contributed by atoms with E-state index in [0.717, 1.165) is 37.4 Å². The van der Waals surface area contributed by atoms with E-state index in [1.165, 1.54) is 6.07 Å². The quantitative estimate of drug-likeness (QED) is 0.622. The molecule has 1 aromatic carbocycles. The van der Waals surface area contributed by atoms with Gasteiger partial charge in [-0.2, -0.15) is 11.8 Å². The molecule has 1 aromatic rings. The van der Waals surface area contributed by atoms with Crippen molar-refractivity contribution in [2.75, 3.05) is 13.2 Å². The van der Waals surface area contributed by atoms with Crippen LogP contribution < -0.4 is 0 Å². The maximum atomic E-state index is 10.8. The first-order valence-corrected chi connectivity index (χ1v) is 7.64. The molecule has 2 rings (SSSR count). The zero-order valence-corrected chi connectivity index (χ0v) is 12.2. The van der Waals surface area contributed by atoms with Crippen LogP contribution in [0.5, 0.6) is 0 Å². The molecule has 0 aromatic heterocycles. The van der Waals surface area contributed by atoms with Crippen molar-refractivity contribution in [1.29, 1.82) is 0 Å². The van der Waals surface area contributed by atoms with Crippen LogP contribution in [0.4, 0.5) is 5.69 Å². The monoisotopic (exact) mass is 331 g/mol. The van der Waals surface area contributed by atoms with Gasteiger partial charge in [0.1, 0.15) is 0 Å². The molecule has 0 N–H and O–H groups in total. The molecule has 1 aliphatic heterocycles. The molecule has 0 spiro atoms. The molecule has 1 fully saturated rings. The van der Waals surface area contributed by atoms with Gasteiger partial charge in [0.15, 0.2) is 0 Å². The standard InChI is InChI=1S/C12H14BrNO3S/c13-12-9(2-1-3-11(12)14(15)16)8-18-10-4-6-17-7-5-10/h1-3,10H,4-8H2. The van der Waals surface area contributed by atoms with E-state index in [-0.39, 0.29) is 10.6 Å². The van der Waals surface area contributed by atoms with Gasteiger partial charge in [-0.3, -0.25) is 10.1 Å². The maximum absolute atomic E-state index is 10.8. The van der Waals surface area contributed by atoms with E-state index >= 15 is 0 Å². The van der Waals surface area contributed by atoms with Gasteiger partial charge in [-0.25, -0.2) is 0 Å². The van der Waals surface area contributed by atoms with E-state index in [1.54, 1.807) is 6.07 Å². The zero-order valence-electron chi connectivity index (χ0n) is 9.80. The Morgan fingerprint density at radius 1 is 1.44 bits per heavy atom. The van der Waals surface area contributed by atoms with Gasteiger partial charge in [0, 0.05) is 30.3 Å². The average Bonchev–Trinajstić information content (AvgIpc) is 2.38. The Kier molecular flexibility index (Phi) is 5.03. The Labute approximate surface area is 118 Å². The molecule has 4 nitrogen and oxygen atoms in total. The highest BCUT2D eigenvalue weighted by atomic mass is 79.9. The molecule has 98 valence electrons. The fourth-order valence-electron chi connectivity index (χ4n) is 1.87. The SMILES string of the molecule is O=[N+]([O-])c1cccc(CSC2CCOCC2)c1Br. The summed E-state index contributed by atoms with van der Waals surface area (Å²) in [6.45, 7) is 1.65. The largest absolute Gasteiger partial charge is 0.381 e. The fourth-order valence-corrected chi connectivity index (χ4v) is 3.79. The molecule has 0 atom stereocenters. The molecule has 0 bridgehead atoms. The minimum Gasteiger partial charge on any atom is -0.381 e. The van der Waals surface area contributed by atoms with Crippen molar-refractivity contribution in [2.24, 2.45) is 0 Å². The molecule has 6 heteroatoms. The molecular weight excluding hydrogens is 318 g/mol. The number of thioether (sulfide) groups is 1. The van der Waals surface area contributed by atoms with Crippen molar-refractivity contribution >= 4 is 33.4 Å². The molecule has 0 unspecified atom stereocenters. The smallest absolute Gasteiger partial charge is 0.283 e. The highest BCUT2D eigenvalue weighted by molar-refractivity contribution is 9.10. The van der Waals surface area contributed by atoms with Crippen molar-refractivity contribution in [1.82, 2.24) is 0 Å². The van der Waals surface area contributed by atoms with Crippen LogP contribution in [0.2, 0.25) is 0 Å². The second-order valence-corrected chi connectivity index (χ2v) is 6.21. The topological polar surface area (TPSA) is 52.4 Å². The Balaban J connectivity index is 2.00. The third-order valence-corrected chi connectivity index (χ3v) is 5.23. The highest BCUT2D eigenvalue weighted by Crippen LogP contribution is 2.33. The third-order valence-electron chi connectivity index (χ3n) is 2.90. The minimum absolute atomic E-state index is 0.139. The summed E-state index contributed by atoms with van der Waals surface area (Å²) in [6, 6.07) is 5.19. The van der Waals surface area contributed by atoms with Crippen LogP contribution in [-0.4, -0.2) is 23.4 Å². The van der Waals surface area contributed by atoms with Crippen molar-refractivity contribution < 1.29 is 9.66 Å². The van der Waals surface area contributed by atoms with Crippen LogP contribution in [0.1, 0.15) is 18.4 Å². The first-order chi connectivity index (χ1) is 8.68. The van der Waals surface area contributed by atoms with Crippen LogP contribution in [0.25, 0.3) is 0 Å². The average molecular weight is 332 g/mol. The summed E-state index contributed by atoms with van der Waals surface area (Å²) in [5.41, 5.74) is 1.13. The van der Waals surface area contributed by atoms with Crippen LogP contribution in [0, 0.1) is 10.1 Å². The number of ether oxygens (including phenoxy) is 1. The van der Waals surface area contributed by atoms with E-state index in [1.807, 2.05) is 17.8 Å². The zero-order chi connectivity index (χ0) is 13.0. The summed E-state index contributed by atoms with van der Waals surface area (Å²) < 4.78 is 5.92. The summed E-state index contributed by atoms with van der Waals surface area (Å²) >= 11 is 5.18. The second kappa shape index (κ2) is 6.54. The number of hydrogen-bond acceptors (Lipinski definition) is 4. The fraction of sp³-hybridized carbons (Fsp3) is 0.500. The van der Waals surface area contributed by atoms with E-state index in [9.17, 15) is 10.1 Å². The Hall–Kier alpha value is -0.590. The van der Waals surface area contributed by atoms with Gasteiger partial charge in [-0.05, 0) is 34.3 Å². The van der Waals surface area contributed by atoms with Gasteiger partial charge < -0.3 is 4.74 Å². The lowest BCUT2D eigenvalue weighted by molar-refractivity contribution is -0.385. The Morgan fingerprint density at radius 3 is 2.83 bits per heavy atom. The van der Waals surface area contributed by atoms with Crippen LogP contribution >= 0.6 is 27.7 Å². The number of nitro groups is 1. The lowest BCUT2D eigenvalue weighted by Gasteiger charge is -2.21. The number of nitrogens with zero attached hydrogens (tertiary/aromatic N) is 1. The van der Waals surface area contributed by atoms with Crippen LogP contribution in [0.3, 0.4) is 0 Å². The number of benzene rings is 1. The molecule has 0 radical (unpaired) electrons. The van der Waals surface area contributed by atoms with Crippen molar-refractivity contribution in [3.8, 4) is 0 Å². The van der Waals surface area contributed by atoms with Gasteiger partial charge in [-0.1, -0.05) is 12.1 Å². The summed E-state index contributed by atoms with van der Waals surface area (Å²) in [4.78, 5) is 10.5. The predicted molar refractivity (Wildman–Crippen MR) is 75.9 cm³/mol. The van der Waals surface area contributed by atoms with Crippen molar-refractivity contribution in [3.63, 3.8) is 0 Å². The molecule has 0 aliphatic carbocycles. The Morgan fingerprint density at radius 2 is 2.17 bits per heavy atom. The summed E-state index contributed by atoms with van der Waals surface area (Å²) in [7, 11) is 0. The van der Waals surface area contributed by atoms with Gasteiger partial charge in [0.25, 0.3) is 5.69 Å². The number of hydrogen-bond donors (Lipinski definition) is 0. The summed E-state index contributed by atoms with van der Waals surface area (Å²) in [6.07, 6.45) is 2.13. The molecule has 1 heterocycles. The number of halogens is 1. The van der Waals surface area contributed by atoms with Gasteiger partial charge in [-0.15, -0.1) is 0 Å². The molecular formula is C12H14BrNO3S. The molecule has 0 saturated carbocycles. The van der Waals surface area contributed by atoms with Crippen molar-refractivity contribution in [2.45, 2.75) is 23.8 Å². The van der Waals surface area contributed by atoms with Gasteiger partial charge >= 0.3 is 0 Å². The van der Waals surface area contributed by atoms with E-state index in [0.29, 0.717) is 9.72 Å². The van der Waals surface area contributed by atoms with Crippen molar-refractivity contribution in [3.05, 3.63) is 38.3 Å². The summed E-state index contributed by atoms with van der Waals surface area (Å²) in [5.74, 6) is 0.799. The number of nitro benzene ring substituents is 1. The van der Waals surface area contributed by atoms with E-state index in [4.69, 9.17) is 4.74 Å². The normalized spacial score (nSPS) is 16.7. The van der Waals surface area contributed by atoms with Gasteiger partial charge in [0.05, 0.1) is 9.40 Å². The van der Waals surface area contributed by atoms with Gasteiger partial charge in [0.2, 0.25) is 0 Å². The molecule has 1 aliphatic rings. The lowest BCUT2D eigenvalue weighted by Crippen LogP contribution is -2.17. The molecule has 0 amide bonds. The van der Waals surface area contributed by atoms with Crippen LogP contribution in [-0.2, 0) is 10.5 Å². The highest BCUT2D eigenvalue weighted by Gasteiger charge is 2.18. The molecule has 1 saturated heterocycles. The summed E-state index contributed by atoms with van der Waals surface area (Å²) in [5, 5.41) is 11.4. The van der Waals surface area contributed by atoms with E-state index < -0.39 is 0 Å². The number of rotatable bonds is 4. The maximum Gasteiger partial charge on any atom is 0.283 e. The predicted octanol–water partition coefficient (Wildman–Crippen LogP) is 3.77. The van der Waals surface area contributed by atoms with Crippen LogP contribution in [0.15, 0.2) is 22.7 Å². The first kappa shape index (κ1) is 13.8. The minimum atomic E-state index is -0.354. The Bertz CT molecular complexity index is 435. The first-order valence-electron chi connectivity index (χ1n) is 5.79. The molecule has 18 heavy (non-hydrogen) atoms.